The molecule has 2 fully saturated rings. The number of guanidine groups is 1. The van der Waals surface area contributed by atoms with E-state index in [0.29, 0.717) is 5.92 Å². The first-order valence-electron chi connectivity index (χ1n) is 8.97. The van der Waals surface area contributed by atoms with Gasteiger partial charge in [0, 0.05) is 50.1 Å². The summed E-state index contributed by atoms with van der Waals surface area (Å²) in [6.07, 6.45) is 5.61. The van der Waals surface area contributed by atoms with Gasteiger partial charge in [0.25, 0.3) is 0 Å². The molecule has 2 aliphatic rings. The Kier molecular flexibility index (Phi) is 11.0. The molecule has 1 N–H and O–H groups in total. The Morgan fingerprint density at radius 2 is 2.12 bits per heavy atom. The maximum absolute atomic E-state index is 5.59. The summed E-state index contributed by atoms with van der Waals surface area (Å²) in [5, 5.41) is 3.48. The van der Waals surface area contributed by atoms with Gasteiger partial charge in [-0.25, -0.2) is 0 Å². The van der Waals surface area contributed by atoms with Gasteiger partial charge in [0.2, 0.25) is 0 Å². The van der Waals surface area contributed by atoms with Gasteiger partial charge in [-0.1, -0.05) is 0 Å². The van der Waals surface area contributed by atoms with Crippen LogP contribution in [0.4, 0.5) is 0 Å². The molecule has 0 aliphatic carbocycles. The maximum Gasteiger partial charge on any atom is 0.193 e. The summed E-state index contributed by atoms with van der Waals surface area (Å²) in [6, 6.07) is 0. The molecule has 2 aliphatic heterocycles. The van der Waals surface area contributed by atoms with Crippen LogP contribution in [0.1, 0.15) is 33.1 Å². The zero-order valence-corrected chi connectivity index (χ0v) is 18.5. The minimum Gasteiger partial charge on any atom is -0.381 e. The highest BCUT2D eigenvalue weighted by Crippen LogP contribution is 2.34. The number of hydrogen-bond donors (Lipinski definition) is 1. The molecule has 142 valence electrons. The lowest BCUT2D eigenvalue weighted by atomic mass is 9.99. The normalized spacial score (nSPS) is 23.9. The van der Waals surface area contributed by atoms with Gasteiger partial charge >= 0.3 is 0 Å². The molecule has 0 spiro atoms. The van der Waals surface area contributed by atoms with Crippen molar-refractivity contribution < 1.29 is 9.47 Å². The molecule has 0 saturated carbocycles. The van der Waals surface area contributed by atoms with E-state index in [4.69, 9.17) is 14.5 Å². The van der Waals surface area contributed by atoms with Crippen LogP contribution in [0.15, 0.2) is 4.99 Å². The molecule has 0 aromatic carbocycles. The highest BCUT2D eigenvalue weighted by atomic mass is 127. The van der Waals surface area contributed by atoms with E-state index in [9.17, 15) is 0 Å². The van der Waals surface area contributed by atoms with Crippen molar-refractivity contribution in [2.75, 3.05) is 58.9 Å². The molecule has 2 saturated heterocycles. The van der Waals surface area contributed by atoms with Crippen LogP contribution in [-0.2, 0) is 9.47 Å². The lowest BCUT2D eigenvalue weighted by molar-refractivity contribution is 0.0793. The fourth-order valence-electron chi connectivity index (χ4n) is 3.26. The minimum atomic E-state index is 0. The number of nitrogens with zero attached hydrogens (tertiary/aromatic N) is 2. The van der Waals surface area contributed by atoms with Gasteiger partial charge in [-0.2, -0.15) is 11.8 Å². The summed E-state index contributed by atoms with van der Waals surface area (Å²) in [6.45, 7) is 11.6. The Hall–Kier alpha value is 0.270. The summed E-state index contributed by atoms with van der Waals surface area (Å²) >= 11 is 1.95. The van der Waals surface area contributed by atoms with E-state index < -0.39 is 0 Å². The van der Waals surface area contributed by atoms with Crippen molar-refractivity contribution in [2.24, 2.45) is 10.9 Å². The summed E-state index contributed by atoms with van der Waals surface area (Å²) in [4.78, 5) is 7.39. The van der Waals surface area contributed by atoms with Crippen molar-refractivity contribution in [1.82, 2.24) is 10.2 Å². The van der Waals surface area contributed by atoms with Crippen LogP contribution in [0, 0.1) is 5.92 Å². The SMILES string of the molecule is CCNC(=NCC1(SC)CCOCC1)N1CCC(COCC)C1.I. The molecule has 0 aromatic rings. The molecule has 0 bridgehead atoms. The average Bonchev–Trinajstić information content (AvgIpc) is 3.06. The Morgan fingerprint density at radius 1 is 1.38 bits per heavy atom. The lowest BCUT2D eigenvalue weighted by Gasteiger charge is -2.34. The fourth-order valence-corrected chi connectivity index (χ4v) is 4.03. The maximum atomic E-state index is 5.59. The first-order chi connectivity index (χ1) is 11.2. The smallest absolute Gasteiger partial charge is 0.193 e. The van der Waals surface area contributed by atoms with Gasteiger partial charge in [-0.05, 0) is 39.4 Å². The number of thioether (sulfide) groups is 1. The minimum absolute atomic E-state index is 0. The largest absolute Gasteiger partial charge is 0.381 e. The third kappa shape index (κ3) is 6.53. The Morgan fingerprint density at radius 3 is 2.75 bits per heavy atom. The van der Waals surface area contributed by atoms with E-state index in [1.807, 2.05) is 11.8 Å². The molecular weight excluding hydrogens is 437 g/mol. The van der Waals surface area contributed by atoms with Gasteiger partial charge in [0.15, 0.2) is 5.96 Å². The Bertz CT molecular complexity index is 379. The average molecular weight is 471 g/mol. The second-order valence-electron chi connectivity index (χ2n) is 6.43. The topological polar surface area (TPSA) is 46.1 Å². The molecule has 5 nitrogen and oxygen atoms in total. The zero-order chi connectivity index (χ0) is 16.5. The van der Waals surface area contributed by atoms with E-state index in [1.54, 1.807) is 0 Å². The Labute approximate surface area is 168 Å². The van der Waals surface area contributed by atoms with Crippen molar-refractivity contribution >= 4 is 41.7 Å². The number of aliphatic imine (C=N–C) groups is 1. The van der Waals surface area contributed by atoms with Crippen LogP contribution in [0.3, 0.4) is 0 Å². The van der Waals surface area contributed by atoms with E-state index in [2.05, 4.69) is 30.3 Å². The van der Waals surface area contributed by atoms with E-state index in [-0.39, 0.29) is 28.7 Å². The summed E-state index contributed by atoms with van der Waals surface area (Å²) in [5.41, 5.74) is 0. The Balaban J connectivity index is 0.00000288. The van der Waals surface area contributed by atoms with Crippen LogP contribution in [-0.4, -0.2) is 74.5 Å². The van der Waals surface area contributed by atoms with Crippen LogP contribution in [0.25, 0.3) is 0 Å². The predicted molar refractivity (Wildman–Crippen MR) is 114 cm³/mol. The first-order valence-corrected chi connectivity index (χ1v) is 10.2. The predicted octanol–water partition coefficient (Wildman–Crippen LogP) is 2.84. The molecule has 2 rings (SSSR count). The van der Waals surface area contributed by atoms with Crippen LogP contribution in [0.5, 0.6) is 0 Å². The van der Waals surface area contributed by atoms with Gasteiger partial charge < -0.3 is 19.7 Å². The summed E-state index contributed by atoms with van der Waals surface area (Å²) < 4.78 is 11.4. The summed E-state index contributed by atoms with van der Waals surface area (Å²) in [5.74, 6) is 1.71. The summed E-state index contributed by atoms with van der Waals surface area (Å²) in [7, 11) is 0. The third-order valence-corrected chi connectivity index (χ3v) is 6.24. The molecule has 0 radical (unpaired) electrons. The lowest BCUT2D eigenvalue weighted by Crippen LogP contribution is -2.42. The van der Waals surface area contributed by atoms with E-state index in [1.165, 1.54) is 6.42 Å². The molecule has 2 heterocycles. The number of likely N-dealkylation sites (tertiary alicyclic amines) is 1. The molecule has 1 unspecified atom stereocenters. The van der Waals surface area contributed by atoms with Crippen LogP contribution in [0.2, 0.25) is 0 Å². The second kappa shape index (κ2) is 11.8. The van der Waals surface area contributed by atoms with Crippen LogP contribution < -0.4 is 5.32 Å². The standard InChI is InChI=1S/C17H33N3O2S.HI/c1-4-18-16(20-9-6-15(12-20)13-21-5-2)19-14-17(23-3)7-10-22-11-8-17;/h15H,4-14H2,1-3H3,(H,18,19);1H. The molecular formula is C17H34IN3O2S. The molecule has 1 atom stereocenters. The monoisotopic (exact) mass is 471 g/mol. The van der Waals surface area contributed by atoms with Gasteiger partial charge in [0.1, 0.15) is 0 Å². The van der Waals surface area contributed by atoms with Crippen molar-refractivity contribution in [1.29, 1.82) is 0 Å². The fraction of sp³-hybridized carbons (Fsp3) is 0.941. The highest BCUT2D eigenvalue weighted by molar-refractivity contribution is 14.0. The van der Waals surface area contributed by atoms with E-state index in [0.717, 1.165) is 71.4 Å². The van der Waals surface area contributed by atoms with Crippen LogP contribution >= 0.6 is 35.7 Å². The van der Waals surface area contributed by atoms with Gasteiger partial charge in [-0.3, -0.25) is 4.99 Å². The van der Waals surface area contributed by atoms with Crippen molar-refractivity contribution in [3.8, 4) is 0 Å². The number of ether oxygens (including phenoxy) is 2. The quantitative estimate of drug-likeness (QED) is 0.352. The zero-order valence-electron chi connectivity index (χ0n) is 15.4. The van der Waals surface area contributed by atoms with Gasteiger partial charge in [-0.15, -0.1) is 24.0 Å². The second-order valence-corrected chi connectivity index (χ2v) is 7.70. The molecule has 0 aromatic heterocycles. The third-order valence-electron chi connectivity index (χ3n) is 4.83. The molecule has 7 heteroatoms. The first kappa shape index (κ1) is 22.3. The highest BCUT2D eigenvalue weighted by Gasteiger charge is 2.32. The molecule has 0 amide bonds. The molecule has 24 heavy (non-hydrogen) atoms. The number of hydrogen-bond acceptors (Lipinski definition) is 4. The number of rotatable bonds is 7. The van der Waals surface area contributed by atoms with Crippen molar-refractivity contribution in [3.63, 3.8) is 0 Å². The number of halogens is 1. The van der Waals surface area contributed by atoms with Crippen molar-refractivity contribution in [3.05, 3.63) is 0 Å². The number of nitrogens with one attached hydrogen (secondary N) is 1. The van der Waals surface area contributed by atoms with Crippen molar-refractivity contribution in [2.45, 2.75) is 37.9 Å². The van der Waals surface area contributed by atoms with Gasteiger partial charge in [0.05, 0.1) is 13.2 Å². The van der Waals surface area contributed by atoms with E-state index >= 15 is 0 Å².